The summed E-state index contributed by atoms with van der Waals surface area (Å²) in [5, 5.41) is 15.2. The van der Waals surface area contributed by atoms with Crippen molar-refractivity contribution >= 4 is 0 Å². The van der Waals surface area contributed by atoms with Crippen molar-refractivity contribution in [3.8, 4) is 28.9 Å². The Hall–Kier alpha value is -3.91. The van der Waals surface area contributed by atoms with Gasteiger partial charge in [-0.1, -0.05) is 41.5 Å². The second-order valence-corrected chi connectivity index (χ2v) is 6.98. The van der Waals surface area contributed by atoms with Gasteiger partial charge in [0.1, 0.15) is 5.75 Å². The predicted molar refractivity (Wildman–Crippen MR) is 120 cm³/mol. The molecule has 0 atom stereocenters. The van der Waals surface area contributed by atoms with Crippen LogP contribution < -0.4 is 19.5 Å². The van der Waals surface area contributed by atoms with Crippen LogP contribution in [0.2, 0.25) is 0 Å². The number of aromatic nitrogens is 4. The van der Waals surface area contributed by atoms with Crippen LogP contribution in [0.15, 0.2) is 72.8 Å². The molecule has 0 aliphatic heterocycles. The Bertz CT molecular complexity index is 1130. The average Bonchev–Trinajstić information content (AvgIpc) is 3.30. The number of methoxy groups -OCH3 is 1. The largest absolute Gasteiger partial charge is 0.497 e. The molecule has 8 heteroatoms. The van der Waals surface area contributed by atoms with E-state index in [0.29, 0.717) is 24.7 Å². The number of benzene rings is 3. The van der Waals surface area contributed by atoms with E-state index >= 15 is 0 Å². The molecule has 1 heterocycles. The summed E-state index contributed by atoms with van der Waals surface area (Å²) in [5.41, 5.74) is 3.07. The van der Waals surface area contributed by atoms with Crippen molar-refractivity contribution in [2.45, 2.75) is 20.0 Å². The first-order chi connectivity index (χ1) is 15.8. The van der Waals surface area contributed by atoms with Gasteiger partial charge in [0.15, 0.2) is 11.5 Å². The molecule has 0 amide bonds. The maximum atomic E-state index is 6.01. The number of tetrazole rings is 1. The van der Waals surface area contributed by atoms with E-state index in [1.807, 2.05) is 79.7 Å². The van der Waals surface area contributed by atoms with Crippen LogP contribution in [0.25, 0.3) is 5.69 Å². The van der Waals surface area contributed by atoms with Gasteiger partial charge in [-0.3, -0.25) is 0 Å². The molecule has 0 bridgehead atoms. The first-order valence-electron chi connectivity index (χ1n) is 10.4. The number of rotatable bonds is 10. The van der Waals surface area contributed by atoms with Gasteiger partial charge in [0.05, 0.1) is 19.4 Å². The molecule has 8 nitrogen and oxygen atoms in total. The summed E-state index contributed by atoms with van der Waals surface area (Å²) < 4.78 is 18.6. The molecule has 0 saturated carbocycles. The van der Waals surface area contributed by atoms with Gasteiger partial charge in [-0.05, 0) is 64.9 Å². The summed E-state index contributed by atoms with van der Waals surface area (Å²) in [6.07, 6.45) is 0. The summed E-state index contributed by atoms with van der Waals surface area (Å²) in [7, 11) is 1.67. The molecule has 0 unspecified atom stereocenters. The number of nitrogens with zero attached hydrogens (tertiary/aromatic N) is 4. The molecule has 1 aromatic heterocycles. The zero-order valence-corrected chi connectivity index (χ0v) is 18.1. The standard InChI is InChI=1S/C24H25N5O3/c1-3-31-23-15-19(17-25-16-18-9-12-21(30-2)13-10-18)11-14-22(23)32-24-26-27-28-29(24)20-7-5-4-6-8-20/h4-15,25H,3,16-17H2,1-2H3. The zero-order chi connectivity index (χ0) is 22.2. The molecule has 4 aromatic rings. The molecule has 0 saturated heterocycles. The van der Waals surface area contributed by atoms with Crippen LogP contribution in [0.3, 0.4) is 0 Å². The topological polar surface area (TPSA) is 83.3 Å². The fourth-order valence-electron chi connectivity index (χ4n) is 3.18. The fraction of sp³-hybridized carbons (Fsp3) is 0.208. The number of hydrogen-bond donors (Lipinski definition) is 1. The molecule has 164 valence electrons. The Kier molecular flexibility index (Phi) is 6.94. The van der Waals surface area contributed by atoms with Crippen LogP contribution in [0, 0.1) is 0 Å². The van der Waals surface area contributed by atoms with E-state index in [0.717, 1.165) is 23.5 Å². The van der Waals surface area contributed by atoms with E-state index in [9.17, 15) is 0 Å². The quantitative estimate of drug-likeness (QED) is 0.404. The molecule has 0 radical (unpaired) electrons. The van der Waals surface area contributed by atoms with Crippen LogP contribution in [-0.2, 0) is 13.1 Å². The lowest BCUT2D eigenvalue weighted by Crippen LogP contribution is -2.12. The number of hydrogen-bond acceptors (Lipinski definition) is 7. The van der Waals surface area contributed by atoms with Crippen molar-refractivity contribution in [3.05, 3.63) is 83.9 Å². The van der Waals surface area contributed by atoms with Crippen LogP contribution >= 0.6 is 0 Å². The molecule has 1 N–H and O–H groups in total. The molecule has 0 fully saturated rings. The summed E-state index contributed by atoms with van der Waals surface area (Å²) in [6.45, 7) is 3.89. The minimum atomic E-state index is 0.266. The molecule has 0 aliphatic rings. The summed E-state index contributed by atoms with van der Waals surface area (Å²) in [6, 6.07) is 23.7. The third kappa shape index (κ3) is 5.22. The highest BCUT2D eigenvalue weighted by atomic mass is 16.5. The molecule has 32 heavy (non-hydrogen) atoms. The van der Waals surface area contributed by atoms with Crippen molar-refractivity contribution in [2.75, 3.05) is 13.7 Å². The molecular formula is C24H25N5O3. The van der Waals surface area contributed by atoms with Gasteiger partial charge in [-0.25, -0.2) is 0 Å². The Labute approximate surface area is 186 Å². The summed E-state index contributed by atoms with van der Waals surface area (Å²) in [5.74, 6) is 2.04. The van der Waals surface area contributed by atoms with Gasteiger partial charge in [-0.2, -0.15) is 4.68 Å². The predicted octanol–water partition coefficient (Wildman–Crippen LogP) is 4.15. The van der Waals surface area contributed by atoms with Gasteiger partial charge in [-0.15, -0.1) is 0 Å². The summed E-state index contributed by atoms with van der Waals surface area (Å²) in [4.78, 5) is 0. The van der Waals surface area contributed by atoms with E-state index in [1.54, 1.807) is 11.8 Å². The highest BCUT2D eigenvalue weighted by molar-refractivity contribution is 5.45. The van der Waals surface area contributed by atoms with Crippen molar-refractivity contribution < 1.29 is 14.2 Å². The monoisotopic (exact) mass is 431 g/mol. The Balaban J connectivity index is 1.44. The van der Waals surface area contributed by atoms with E-state index in [4.69, 9.17) is 14.2 Å². The maximum absolute atomic E-state index is 6.01. The van der Waals surface area contributed by atoms with Gasteiger partial charge < -0.3 is 19.5 Å². The van der Waals surface area contributed by atoms with Gasteiger partial charge >= 0.3 is 6.01 Å². The highest BCUT2D eigenvalue weighted by Gasteiger charge is 2.14. The first-order valence-corrected chi connectivity index (χ1v) is 10.4. The smallest absolute Gasteiger partial charge is 0.346 e. The number of para-hydroxylation sites is 1. The second-order valence-electron chi connectivity index (χ2n) is 6.98. The van der Waals surface area contributed by atoms with Crippen LogP contribution in [0.5, 0.6) is 23.3 Å². The molecule has 0 aliphatic carbocycles. The van der Waals surface area contributed by atoms with Gasteiger partial charge in [0, 0.05) is 13.1 Å². The Morgan fingerprint density at radius 1 is 0.875 bits per heavy atom. The highest BCUT2D eigenvalue weighted by Crippen LogP contribution is 2.32. The van der Waals surface area contributed by atoms with E-state index in [2.05, 4.69) is 20.8 Å². The number of ether oxygens (including phenoxy) is 3. The molecule has 3 aromatic carbocycles. The molecular weight excluding hydrogens is 406 g/mol. The third-order valence-electron chi connectivity index (χ3n) is 4.77. The van der Waals surface area contributed by atoms with E-state index in [1.165, 1.54) is 5.56 Å². The van der Waals surface area contributed by atoms with Crippen LogP contribution in [0.4, 0.5) is 0 Å². The van der Waals surface area contributed by atoms with Crippen molar-refractivity contribution in [1.29, 1.82) is 0 Å². The van der Waals surface area contributed by atoms with Crippen molar-refractivity contribution in [3.63, 3.8) is 0 Å². The maximum Gasteiger partial charge on any atom is 0.346 e. The molecule has 0 spiro atoms. The minimum absolute atomic E-state index is 0.266. The minimum Gasteiger partial charge on any atom is -0.497 e. The van der Waals surface area contributed by atoms with E-state index < -0.39 is 0 Å². The van der Waals surface area contributed by atoms with E-state index in [-0.39, 0.29) is 6.01 Å². The fourth-order valence-corrected chi connectivity index (χ4v) is 3.18. The average molecular weight is 431 g/mol. The van der Waals surface area contributed by atoms with Crippen molar-refractivity contribution in [2.24, 2.45) is 0 Å². The first kappa shape index (κ1) is 21.3. The zero-order valence-electron chi connectivity index (χ0n) is 18.1. The Morgan fingerprint density at radius 3 is 2.38 bits per heavy atom. The lowest BCUT2D eigenvalue weighted by atomic mass is 10.2. The lowest BCUT2D eigenvalue weighted by molar-refractivity contribution is 0.315. The van der Waals surface area contributed by atoms with Crippen LogP contribution in [0.1, 0.15) is 18.1 Å². The number of nitrogens with one attached hydrogen (secondary N) is 1. The lowest BCUT2D eigenvalue weighted by Gasteiger charge is -2.13. The third-order valence-corrected chi connectivity index (χ3v) is 4.77. The Morgan fingerprint density at radius 2 is 1.62 bits per heavy atom. The van der Waals surface area contributed by atoms with Crippen molar-refractivity contribution in [1.82, 2.24) is 25.5 Å². The van der Waals surface area contributed by atoms with Crippen LogP contribution in [-0.4, -0.2) is 33.9 Å². The normalized spacial score (nSPS) is 10.7. The SMILES string of the molecule is CCOc1cc(CNCc2ccc(OC)cc2)ccc1Oc1nnnn1-c1ccccc1. The summed E-state index contributed by atoms with van der Waals surface area (Å²) >= 11 is 0. The van der Waals surface area contributed by atoms with Gasteiger partial charge in [0.2, 0.25) is 0 Å². The molecule has 4 rings (SSSR count). The van der Waals surface area contributed by atoms with Gasteiger partial charge in [0.25, 0.3) is 0 Å². The second kappa shape index (κ2) is 10.4.